The molecule has 1 heterocycles. The molecule has 5 nitrogen and oxygen atoms in total. The van der Waals surface area contributed by atoms with Crippen molar-refractivity contribution in [1.29, 1.82) is 0 Å². The summed E-state index contributed by atoms with van der Waals surface area (Å²) < 4.78 is 19.6. The Bertz CT molecular complexity index is 1210. The highest BCUT2D eigenvalue weighted by molar-refractivity contribution is 7.80. The lowest BCUT2D eigenvalue weighted by Gasteiger charge is -2.29. The van der Waals surface area contributed by atoms with Crippen LogP contribution in [-0.2, 0) is 9.59 Å². The number of hydrogen-bond acceptors (Lipinski definition) is 4. The van der Waals surface area contributed by atoms with Crippen LogP contribution in [0.3, 0.4) is 0 Å². The smallest absolute Gasteiger partial charge is 0.270 e. The standard InChI is InChI=1S/C24H17FN2O3S/c1-15-7-8-16(14-21(15)25)13-20-22(28)26-24(31)27(23(20)29)17-9-11-19(12-10-17)30-18-5-3-2-4-6-18/h2-14H,1H3,(H,26,28,31)/b20-13+. The number of amides is 2. The van der Waals surface area contributed by atoms with Crippen molar-refractivity contribution in [3.8, 4) is 11.5 Å². The Kier molecular flexibility index (Phi) is 5.60. The summed E-state index contributed by atoms with van der Waals surface area (Å²) >= 11 is 5.21. The Morgan fingerprint density at radius 1 is 0.968 bits per heavy atom. The summed E-state index contributed by atoms with van der Waals surface area (Å²) in [6, 6.07) is 20.5. The zero-order chi connectivity index (χ0) is 22.0. The summed E-state index contributed by atoms with van der Waals surface area (Å²) in [4.78, 5) is 26.7. The summed E-state index contributed by atoms with van der Waals surface area (Å²) in [7, 11) is 0. The molecule has 3 aromatic carbocycles. The summed E-state index contributed by atoms with van der Waals surface area (Å²) in [6.07, 6.45) is 1.35. The number of benzene rings is 3. The molecule has 1 aliphatic rings. The molecule has 1 saturated heterocycles. The summed E-state index contributed by atoms with van der Waals surface area (Å²) in [5.41, 5.74) is 1.21. The lowest BCUT2D eigenvalue weighted by molar-refractivity contribution is -0.122. The summed E-state index contributed by atoms with van der Waals surface area (Å²) in [6.45, 7) is 1.63. The van der Waals surface area contributed by atoms with Gasteiger partial charge in [0.25, 0.3) is 11.8 Å². The minimum absolute atomic E-state index is 0.0287. The molecule has 0 aromatic heterocycles. The number of hydrogen-bond donors (Lipinski definition) is 1. The van der Waals surface area contributed by atoms with Crippen molar-refractivity contribution in [1.82, 2.24) is 5.32 Å². The first-order valence-corrected chi connectivity index (χ1v) is 9.84. The molecule has 0 aliphatic carbocycles. The number of anilines is 1. The van der Waals surface area contributed by atoms with Gasteiger partial charge in [0.1, 0.15) is 22.9 Å². The molecule has 3 aromatic rings. The topological polar surface area (TPSA) is 58.6 Å². The second-order valence-corrected chi connectivity index (χ2v) is 7.26. The maximum atomic E-state index is 13.9. The Balaban J connectivity index is 1.61. The Morgan fingerprint density at radius 2 is 1.65 bits per heavy atom. The number of para-hydroxylation sites is 1. The zero-order valence-corrected chi connectivity index (χ0v) is 17.3. The fourth-order valence-corrected chi connectivity index (χ4v) is 3.33. The van der Waals surface area contributed by atoms with Gasteiger partial charge in [-0.1, -0.05) is 30.3 Å². The first-order chi connectivity index (χ1) is 14.9. The van der Waals surface area contributed by atoms with Crippen molar-refractivity contribution in [2.45, 2.75) is 6.92 Å². The van der Waals surface area contributed by atoms with E-state index in [9.17, 15) is 14.0 Å². The van der Waals surface area contributed by atoms with E-state index in [0.29, 0.717) is 28.3 Å². The second kappa shape index (κ2) is 8.49. The highest BCUT2D eigenvalue weighted by Crippen LogP contribution is 2.27. The fourth-order valence-electron chi connectivity index (χ4n) is 3.05. The molecule has 2 amide bonds. The molecular weight excluding hydrogens is 415 g/mol. The fraction of sp³-hybridized carbons (Fsp3) is 0.0417. The minimum atomic E-state index is -0.628. The summed E-state index contributed by atoms with van der Waals surface area (Å²) in [5, 5.41) is 2.48. The van der Waals surface area contributed by atoms with Gasteiger partial charge in [0.2, 0.25) is 0 Å². The molecule has 0 saturated carbocycles. The van der Waals surface area contributed by atoms with Gasteiger partial charge in [-0.2, -0.15) is 0 Å². The van der Waals surface area contributed by atoms with E-state index in [-0.39, 0.29) is 10.7 Å². The van der Waals surface area contributed by atoms with Crippen LogP contribution >= 0.6 is 12.2 Å². The maximum Gasteiger partial charge on any atom is 0.270 e. The van der Waals surface area contributed by atoms with E-state index in [4.69, 9.17) is 17.0 Å². The lowest BCUT2D eigenvalue weighted by atomic mass is 10.1. The number of halogens is 1. The quantitative estimate of drug-likeness (QED) is 0.367. The highest BCUT2D eigenvalue weighted by Gasteiger charge is 2.34. The van der Waals surface area contributed by atoms with E-state index in [1.807, 2.05) is 30.3 Å². The van der Waals surface area contributed by atoms with Crippen molar-refractivity contribution < 1.29 is 18.7 Å². The third-order valence-corrected chi connectivity index (χ3v) is 4.97. The van der Waals surface area contributed by atoms with Gasteiger partial charge in [-0.3, -0.25) is 19.8 Å². The van der Waals surface area contributed by atoms with Gasteiger partial charge >= 0.3 is 0 Å². The lowest BCUT2D eigenvalue weighted by Crippen LogP contribution is -2.54. The van der Waals surface area contributed by atoms with Crippen molar-refractivity contribution >= 4 is 40.9 Å². The van der Waals surface area contributed by atoms with Crippen LogP contribution in [0.25, 0.3) is 6.08 Å². The van der Waals surface area contributed by atoms with Crippen LogP contribution in [0.1, 0.15) is 11.1 Å². The Hall–Kier alpha value is -3.84. The number of ether oxygens (including phenoxy) is 1. The molecule has 0 spiro atoms. The molecule has 0 unspecified atom stereocenters. The molecule has 1 aliphatic heterocycles. The van der Waals surface area contributed by atoms with Gasteiger partial charge in [-0.25, -0.2) is 4.39 Å². The number of carbonyl (C=O) groups excluding carboxylic acids is 2. The molecule has 31 heavy (non-hydrogen) atoms. The van der Waals surface area contributed by atoms with E-state index in [1.165, 1.54) is 17.0 Å². The SMILES string of the molecule is Cc1ccc(/C=C2\C(=O)NC(=S)N(c3ccc(Oc4ccccc4)cc3)C2=O)cc1F. The minimum Gasteiger partial charge on any atom is -0.457 e. The molecule has 0 bridgehead atoms. The van der Waals surface area contributed by atoms with Crippen LogP contribution in [0.5, 0.6) is 11.5 Å². The monoisotopic (exact) mass is 432 g/mol. The van der Waals surface area contributed by atoms with Gasteiger partial charge in [0.15, 0.2) is 5.11 Å². The largest absolute Gasteiger partial charge is 0.457 e. The van der Waals surface area contributed by atoms with Crippen LogP contribution < -0.4 is 15.0 Å². The molecular formula is C24H17FN2O3S. The maximum absolute atomic E-state index is 13.9. The van der Waals surface area contributed by atoms with Gasteiger partial charge in [-0.15, -0.1) is 0 Å². The van der Waals surface area contributed by atoms with Crippen molar-refractivity contribution in [2.24, 2.45) is 0 Å². The number of thiocarbonyl (C=S) groups is 1. The highest BCUT2D eigenvalue weighted by atomic mass is 32.1. The molecule has 7 heteroatoms. The average molecular weight is 432 g/mol. The number of aryl methyl sites for hydroxylation is 1. The molecule has 0 atom stereocenters. The number of nitrogens with zero attached hydrogens (tertiary/aromatic N) is 1. The number of nitrogens with one attached hydrogen (secondary N) is 1. The van der Waals surface area contributed by atoms with Crippen LogP contribution in [0.2, 0.25) is 0 Å². The van der Waals surface area contributed by atoms with Gasteiger partial charge < -0.3 is 4.74 Å². The second-order valence-electron chi connectivity index (χ2n) is 6.88. The van der Waals surface area contributed by atoms with Gasteiger partial charge in [0.05, 0.1) is 5.69 Å². The van der Waals surface area contributed by atoms with E-state index in [2.05, 4.69) is 5.32 Å². The van der Waals surface area contributed by atoms with Crippen LogP contribution in [0, 0.1) is 12.7 Å². The Morgan fingerprint density at radius 3 is 2.32 bits per heavy atom. The molecule has 1 fully saturated rings. The van der Waals surface area contributed by atoms with E-state index < -0.39 is 17.6 Å². The van der Waals surface area contributed by atoms with Crippen LogP contribution in [0.4, 0.5) is 10.1 Å². The number of carbonyl (C=O) groups is 2. The third-order valence-electron chi connectivity index (χ3n) is 4.68. The van der Waals surface area contributed by atoms with Crippen molar-refractivity contribution in [2.75, 3.05) is 4.90 Å². The first kappa shape index (κ1) is 20.4. The van der Waals surface area contributed by atoms with Crippen molar-refractivity contribution in [3.05, 3.63) is 95.3 Å². The Labute approximate surface area is 183 Å². The van der Waals surface area contributed by atoms with E-state index >= 15 is 0 Å². The van der Waals surface area contributed by atoms with Gasteiger partial charge in [0, 0.05) is 0 Å². The third kappa shape index (κ3) is 4.36. The van der Waals surface area contributed by atoms with Crippen molar-refractivity contribution in [3.63, 3.8) is 0 Å². The van der Waals surface area contributed by atoms with Crippen LogP contribution in [0.15, 0.2) is 78.4 Å². The molecule has 4 rings (SSSR count). The predicted molar refractivity (Wildman–Crippen MR) is 120 cm³/mol. The zero-order valence-electron chi connectivity index (χ0n) is 16.5. The average Bonchev–Trinajstić information content (AvgIpc) is 2.75. The molecule has 1 N–H and O–H groups in total. The number of rotatable bonds is 4. The van der Waals surface area contributed by atoms with Crippen LogP contribution in [-0.4, -0.2) is 16.9 Å². The normalized spacial score (nSPS) is 15.2. The molecule has 0 radical (unpaired) electrons. The summed E-state index contributed by atoms with van der Waals surface area (Å²) in [5.74, 6) is -0.370. The van der Waals surface area contributed by atoms with Gasteiger partial charge in [-0.05, 0) is 78.8 Å². The predicted octanol–water partition coefficient (Wildman–Crippen LogP) is 4.76. The molecule has 154 valence electrons. The van der Waals surface area contributed by atoms with E-state index in [0.717, 1.165) is 0 Å². The first-order valence-electron chi connectivity index (χ1n) is 9.43. The van der Waals surface area contributed by atoms with E-state index in [1.54, 1.807) is 43.3 Å².